The van der Waals surface area contributed by atoms with E-state index in [-0.39, 0.29) is 29.9 Å². The van der Waals surface area contributed by atoms with Crippen LogP contribution in [-0.4, -0.2) is 56.5 Å². The van der Waals surface area contributed by atoms with Gasteiger partial charge in [-0.3, -0.25) is 4.79 Å². The lowest BCUT2D eigenvalue weighted by molar-refractivity contribution is -0.121. The minimum absolute atomic E-state index is 0. The van der Waals surface area contributed by atoms with E-state index in [0.717, 1.165) is 44.0 Å². The van der Waals surface area contributed by atoms with Crippen molar-refractivity contribution in [1.29, 1.82) is 0 Å². The van der Waals surface area contributed by atoms with Crippen LogP contribution in [0.4, 0.5) is 8.78 Å². The fourth-order valence-electron chi connectivity index (χ4n) is 3.20. The van der Waals surface area contributed by atoms with Crippen molar-refractivity contribution in [2.24, 2.45) is 10.9 Å². The number of alkyl halides is 2. The smallest absolute Gasteiger partial charge is 0.272 e. The van der Waals surface area contributed by atoms with Gasteiger partial charge in [-0.2, -0.15) is 0 Å². The van der Waals surface area contributed by atoms with E-state index in [2.05, 4.69) is 15.5 Å². The highest BCUT2D eigenvalue weighted by Crippen LogP contribution is 2.21. The zero-order valence-electron chi connectivity index (χ0n) is 17.0. The molecule has 2 rings (SSSR count). The number of rotatable bonds is 8. The summed E-state index contributed by atoms with van der Waals surface area (Å²) in [5, 5.41) is 5.99. The zero-order chi connectivity index (χ0) is 20.4. The number of aliphatic imine (C=N–C) groups is 1. The van der Waals surface area contributed by atoms with Crippen LogP contribution >= 0.6 is 24.0 Å². The van der Waals surface area contributed by atoms with Gasteiger partial charge in [0.05, 0.1) is 6.54 Å². The summed E-state index contributed by atoms with van der Waals surface area (Å²) in [6, 6.07) is 7.09. The number of nitrogens with zero attached hydrogens (tertiary/aromatic N) is 2. The predicted molar refractivity (Wildman–Crippen MR) is 121 cm³/mol. The lowest BCUT2D eigenvalue weighted by Gasteiger charge is -2.34. The number of hydrogen-bond acceptors (Lipinski definition) is 3. The molecule has 1 amide bonds. The third-order valence-electron chi connectivity index (χ3n) is 4.69. The Hall–Kier alpha value is -1.65. The summed E-state index contributed by atoms with van der Waals surface area (Å²) < 4.78 is 29.7. The van der Waals surface area contributed by atoms with Gasteiger partial charge in [0.2, 0.25) is 5.91 Å². The number of guanidine groups is 1. The molecule has 0 radical (unpaired) electrons. The van der Waals surface area contributed by atoms with Gasteiger partial charge in [-0.05, 0) is 43.4 Å². The molecule has 29 heavy (non-hydrogen) atoms. The van der Waals surface area contributed by atoms with E-state index in [0.29, 0.717) is 24.6 Å². The fraction of sp³-hybridized carbons (Fsp3) is 0.600. The number of nitrogens with one attached hydrogen (secondary N) is 2. The molecule has 2 N–H and O–H groups in total. The molecule has 1 aromatic rings. The monoisotopic (exact) mass is 524 g/mol. The van der Waals surface area contributed by atoms with Crippen molar-refractivity contribution >= 4 is 35.8 Å². The number of amides is 1. The highest BCUT2D eigenvalue weighted by Gasteiger charge is 2.23. The van der Waals surface area contributed by atoms with Gasteiger partial charge in [-0.15, -0.1) is 24.0 Å². The van der Waals surface area contributed by atoms with Crippen molar-refractivity contribution in [3.63, 3.8) is 0 Å². The highest BCUT2D eigenvalue weighted by atomic mass is 127. The molecular weight excluding hydrogens is 493 g/mol. The fourth-order valence-corrected chi connectivity index (χ4v) is 3.20. The van der Waals surface area contributed by atoms with Crippen LogP contribution in [0.15, 0.2) is 29.3 Å². The largest absolute Gasteiger partial charge is 0.488 e. The summed E-state index contributed by atoms with van der Waals surface area (Å²) in [4.78, 5) is 18.5. The lowest BCUT2D eigenvalue weighted by Crippen LogP contribution is -2.46. The normalized spacial score (nSPS) is 15.1. The van der Waals surface area contributed by atoms with Crippen LogP contribution in [-0.2, 0) is 11.3 Å². The molecule has 9 heteroatoms. The summed E-state index contributed by atoms with van der Waals surface area (Å²) in [6.07, 6.45) is -0.0131. The molecule has 6 nitrogen and oxygen atoms in total. The second kappa shape index (κ2) is 13.6. The Morgan fingerprint density at radius 1 is 1.34 bits per heavy atom. The number of halogens is 3. The summed E-state index contributed by atoms with van der Waals surface area (Å²) in [6.45, 7) is 4.31. The molecule has 1 aliphatic rings. The first-order valence-electron chi connectivity index (χ1n) is 9.75. The molecule has 0 bridgehead atoms. The van der Waals surface area contributed by atoms with Crippen LogP contribution in [0, 0.1) is 5.92 Å². The van der Waals surface area contributed by atoms with Gasteiger partial charge in [-0.1, -0.05) is 12.1 Å². The maximum atomic E-state index is 12.3. The van der Waals surface area contributed by atoms with Crippen molar-refractivity contribution in [3.8, 4) is 5.75 Å². The quantitative estimate of drug-likeness (QED) is 0.312. The molecule has 164 valence electrons. The Bertz CT molecular complexity index is 653. The van der Waals surface area contributed by atoms with Crippen molar-refractivity contribution in [2.45, 2.75) is 39.2 Å². The number of piperidine rings is 1. The van der Waals surface area contributed by atoms with Crippen molar-refractivity contribution in [3.05, 3.63) is 29.8 Å². The molecule has 0 aromatic heterocycles. The molecule has 1 heterocycles. The first kappa shape index (κ1) is 25.4. The van der Waals surface area contributed by atoms with E-state index in [4.69, 9.17) is 9.73 Å². The standard InChI is InChI=1S/C20H30F2N4O2.HI/c1-3-24-20(26-9-7-15(8-10-26)12-19(27)23-2)25-13-16-5-4-6-17(11-16)28-14-18(21)22;/h4-6,11,15,18H,3,7-10,12-14H2,1-2H3,(H,23,27)(H,24,25);1H. The van der Waals surface area contributed by atoms with E-state index in [9.17, 15) is 13.6 Å². The number of benzene rings is 1. The third-order valence-corrected chi connectivity index (χ3v) is 4.69. The van der Waals surface area contributed by atoms with Gasteiger partial charge in [0.15, 0.2) is 5.96 Å². The van der Waals surface area contributed by atoms with Gasteiger partial charge in [0.25, 0.3) is 6.43 Å². The van der Waals surface area contributed by atoms with Crippen LogP contribution in [0.25, 0.3) is 0 Å². The number of carbonyl (C=O) groups excluding carboxylic acids is 1. The molecule has 1 saturated heterocycles. The van der Waals surface area contributed by atoms with Crippen molar-refractivity contribution in [1.82, 2.24) is 15.5 Å². The maximum Gasteiger partial charge on any atom is 0.272 e. The maximum absolute atomic E-state index is 12.3. The SMILES string of the molecule is CCNC(=NCc1cccc(OCC(F)F)c1)N1CCC(CC(=O)NC)CC1.I. The van der Waals surface area contributed by atoms with Gasteiger partial charge < -0.3 is 20.3 Å². The van der Waals surface area contributed by atoms with Crippen molar-refractivity contribution < 1.29 is 18.3 Å². The number of ether oxygens (including phenoxy) is 1. The average Bonchev–Trinajstić information content (AvgIpc) is 2.70. The molecule has 0 saturated carbocycles. The van der Waals surface area contributed by atoms with E-state index in [1.807, 2.05) is 13.0 Å². The molecule has 1 aromatic carbocycles. The molecule has 1 fully saturated rings. The molecule has 0 unspecified atom stereocenters. The predicted octanol–water partition coefficient (Wildman–Crippen LogP) is 3.26. The number of hydrogen-bond donors (Lipinski definition) is 2. The highest BCUT2D eigenvalue weighted by molar-refractivity contribution is 14.0. The molecular formula is C20H31F2IN4O2. The molecule has 0 aliphatic carbocycles. The minimum Gasteiger partial charge on any atom is -0.488 e. The minimum atomic E-state index is -2.49. The summed E-state index contributed by atoms with van der Waals surface area (Å²) in [5.41, 5.74) is 0.900. The van der Waals surface area contributed by atoms with Gasteiger partial charge in [-0.25, -0.2) is 13.8 Å². The Labute approximate surface area is 188 Å². The van der Waals surface area contributed by atoms with Gasteiger partial charge >= 0.3 is 0 Å². The van der Waals surface area contributed by atoms with Crippen LogP contribution in [0.1, 0.15) is 31.7 Å². The van der Waals surface area contributed by atoms with Crippen LogP contribution in [0.3, 0.4) is 0 Å². The lowest BCUT2D eigenvalue weighted by atomic mass is 9.93. The zero-order valence-corrected chi connectivity index (χ0v) is 19.3. The number of likely N-dealkylation sites (tertiary alicyclic amines) is 1. The number of carbonyl (C=O) groups is 1. The molecule has 1 aliphatic heterocycles. The van der Waals surface area contributed by atoms with Crippen LogP contribution < -0.4 is 15.4 Å². The Kier molecular flexibility index (Phi) is 11.9. The summed E-state index contributed by atoms with van der Waals surface area (Å²) >= 11 is 0. The Morgan fingerprint density at radius 2 is 2.07 bits per heavy atom. The first-order valence-corrected chi connectivity index (χ1v) is 9.75. The third kappa shape index (κ3) is 9.14. The summed E-state index contributed by atoms with van der Waals surface area (Å²) in [5.74, 6) is 1.75. The van der Waals surface area contributed by atoms with E-state index in [1.54, 1.807) is 25.2 Å². The van der Waals surface area contributed by atoms with Crippen molar-refractivity contribution in [2.75, 3.05) is 33.3 Å². The van der Waals surface area contributed by atoms with Crippen LogP contribution in [0.2, 0.25) is 0 Å². The van der Waals surface area contributed by atoms with Crippen LogP contribution in [0.5, 0.6) is 5.75 Å². The first-order chi connectivity index (χ1) is 13.5. The van der Waals surface area contributed by atoms with Gasteiger partial charge in [0, 0.05) is 33.1 Å². The molecule has 0 atom stereocenters. The second-order valence-electron chi connectivity index (χ2n) is 6.83. The van der Waals surface area contributed by atoms with Gasteiger partial charge in [0.1, 0.15) is 12.4 Å². The Balaban J connectivity index is 0.00000420. The second-order valence-corrected chi connectivity index (χ2v) is 6.83. The Morgan fingerprint density at radius 3 is 2.69 bits per heavy atom. The average molecular weight is 524 g/mol. The summed E-state index contributed by atoms with van der Waals surface area (Å²) in [7, 11) is 1.67. The van der Waals surface area contributed by atoms with E-state index in [1.165, 1.54) is 0 Å². The van der Waals surface area contributed by atoms with E-state index < -0.39 is 13.0 Å². The van der Waals surface area contributed by atoms with E-state index >= 15 is 0 Å². The topological polar surface area (TPSA) is 66.0 Å². The molecule has 0 spiro atoms.